The van der Waals surface area contributed by atoms with Gasteiger partial charge in [-0.3, -0.25) is 4.79 Å². The molecule has 0 aliphatic heterocycles. The minimum atomic E-state index is 0.266. The monoisotopic (exact) mass is 535 g/mol. The smallest absolute Gasteiger partial charge is 0.220 e. The Morgan fingerprint density at radius 3 is 2.51 bits per heavy atom. The van der Waals surface area contributed by atoms with Crippen molar-refractivity contribution in [3.63, 3.8) is 0 Å². The molecule has 4 unspecified atom stereocenters. The number of quaternary nitrogens is 1. The molecule has 39 heavy (non-hydrogen) atoms. The van der Waals surface area contributed by atoms with Crippen LogP contribution in [0.1, 0.15) is 110 Å². The van der Waals surface area contributed by atoms with Gasteiger partial charge >= 0.3 is 0 Å². The third kappa shape index (κ3) is 6.14. The molecule has 218 valence electrons. The number of hydrogen-bond donors (Lipinski definition) is 1. The molecule has 3 heteroatoms. The quantitative estimate of drug-likeness (QED) is 0.237. The van der Waals surface area contributed by atoms with Crippen molar-refractivity contribution in [2.75, 3.05) is 27.2 Å². The number of nitrogens with zero attached hydrogens (tertiary/aromatic N) is 1. The van der Waals surface area contributed by atoms with Crippen LogP contribution >= 0.6 is 0 Å². The van der Waals surface area contributed by atoms with E-state index in [0.29, 0.717) is 23.2 Å². The van der Waals surface area contributed by atoms with Gasteiger partial charge in [-0.25, -0.2) is 0 Å². The maximum atomic E-state index is 12.8. The molecule has 0 spiro atoms. The minimum absolute atomic E-state index is 0.266. The number of benzene rings is 1. The minimum Gasteiger partial charge on any atom is -0.356 e. The van der Waals surface area contributed by atoms with Crippen molar-refractivity contribution in [2.24, 2.45) is 46.3 Å². The lowest BCUT2D eigenvalue weighted by molar-refractivity contribution is -0.903. The van der Waals surface area contributed by atoms with Crippen molar-refractivity contribution in [2.45, 2.75) is 111 Å². The average Bonchev–Trinajstić information content (AvgIpc) is 3.27. The van der Waals surface area contributed by atoms with Gasteiger partial charge in [-0.05, 0) is 104 Å². The summed E-state index contributed by atoms with van der Waals surface area (Å²) in [6.45, 7) is 10.8. The fourth-order valence-corrected chi connectivity index (χ4v) is 10.8. The summed E-state index contributed by atoms with van der Waals surface area (Å²) in [7, 11) is 4.58. The molecule has 0 saturated heterocycles. The second kappa shape index (κ2) is 11.9. The van der Waals surface area contributed by atoms with Crippen LogP contribution in [-0.4, -0.2) is 37.6 Å². The van der Waals surface area contributed by atoms with Crippen LogP contribution in [0, 0.1) is 46.3 Å². The molecule has 5 rings (SSSR count). The van der Waals surface area contributed by atoms with Crippen LogP contribution in [0.3, 0.4) is 0 Å². The first-order chi connectivity index (χ1) is 18.6. The van der Waals surface area contributed by atoms with Crippen LogP contribution < -0.4 is 5.32 Å². The first-order valence-electron chi connectivity index (χ1n) is 16.7. The number of amides is 1. The van der Waals surface area contributed by atoms with Gasteiger partial charge in [0.05, 0.1) is 20.6 Å². The van der Waals surface area contributed by atoms with Crippen LogP contribution in [0.15, 0.2) is 30.3 Å². The van der Waals surface area contributed by atoms with Gasteiger partial charge in [0.15, 0.2) is 0 Å². The summed E-state index contributed by atoms with van der Waals surface area (Å²) < 4.78 is 0.958. The summed E-state index contributed by atoms with van der Waals surface area (Å²) in [5, 5.41) is 3.25. The number of fused-ring (bicyclic) bond motifs is 5. The van der Waals surface area contributed by atoms with E-state index < -0.39 is 0 Å². The second-order valence-electron chi connectivity index (χ2n) is 15.7. The van der Waals surface area contributed by atoms with Gasteiger partial charge in [0.1, 0.15) is 6.54 Å². The van der Waals surface area contributed by atoms with E-state index in [1.165, 1.54) is 69.8 Å². The lowest BCUT2D eigenvalue weighted by atomic mass is 9.44. The van der Waals surface area contributed by atoms with E-state index in [9.17, 15) is 4.79 Å². The number of nitrogens with one attached hydrogen (secondary N) is 1. The summed E-state index contributed by atoms with van der Waals surface area (Å²) in [6, 6.07) is 10.7. The van der Waals surface area contributed by atoms with Gasteiger partial charge in [-0.15, -0.1) is 0 Å². The Morgan fingerprint density at radius 2 is 1.72 bits per heavy atom. The second-order valence-corrected chi connectivity index (χ2v) is 15.7. The molecule has 1 aromatic rings. The first-order valence-corrected chi connectivity index (χ1v) is 16.7. The Morgan fingerprint density at radius 1 is 0.949 bits per heavy atom. The highest BCUT2D eigenvalue weighted by Crippen LogP contribution is 2.68. The van der Waals surface area contributed by atoms with Gasteiger partial charge in [0.2, 0.25) is 5.91 Å². The molecule has 4 aliphatic carbocycles. The highest BCUT2D eigenvalue weighted by molar-refractivity contribution is 5.75. The van der Waals surface area contributed by atoms with Crippen molar-refractivity contribution < 1.29 is 9.28 Å². The van der Waals surface area contributed by atoms with Crippen molar-refractivity contribution in [1.29, 1.82) is 0 Å². The largest absolute Gasteiger partial charge is 0.356 e. The molecular formula is C36H59N2O+. The number of rotatable bonds is 10. The molecule has 8 atom stereocenters. The van der Waals surface area contributed by atoms with Crippen LogP contribution in [0.4, 0.5) is 0 Å². The van der Waals surface area contributed by atoms with Crippen molar-refractivity contribution >= 4 is 5.91 Å². The normalized spacial score (nSPS) is 36.9. The predicted molar refractivity (Wildman–Crippen MR) is 163 cm³/mol. The number of carbonyl (C=O) groups excluding carboxylic acids is 1. The number of carbonyl (C=O) groups is 1. The molecule has 3 nitrogen and oxygen atoms in total. The van der Waals surface area contributed by atoms with Gasteiger partial charge in [0, 0.05) is 24.9 Å². The van der Waals surface area contributed by atoms with Gasteiger partial charge in [0.25, 0.3) is 0 Å². The molecule has 0 bridgehead atoms. The van der Waals surface area contributed by atoms with Crippen LogP contribution in [-0.2, 0) is 11.3 Å². The lowest BCUT2D eigenvalue weighted by Gasteiger charge is -2.61. The van der Waals surface area contributed by atoms with E-state index in [1.807, 2.05) is 0 Å². The molecule has 4 fully saturated rings. The zero-order chi connectivity index (χ0) is 27.7. The maximum Gasteiger partial charge on any atom is 0.220 e. The average molecular weight is 536 g/mol. The molecule has 4 saturated carbocycles. The maximum absolute atomic E-state index is 12.8. The molecule has 4 aliphatic rings. The zero-order valence-electron chi connectivity index (χ0n) is 26.0. The third-order valence-electron chi connectivity index (χ3n) is 12.9. The van der Waals surface area contributed by atoms with Crippen molar-refractivity contribution in [3.05, 3.63) is 35.9 Å². The summed E-state index contributed by atoms with van der Waals surface area (Å²) in [6.07, 6.45) is 17.6. The predicted octanol–water partition coefficient (Wildman–Crippen LogP) is 8.23. The molecule has 1 amide bonds. The fourth-order valence-electron chi connectivity index (χ4n) is 10.8. The van der Waals surface area contributed by atoms with E-state index in [-0.39, 0.29) is 5.91 Å². The van der Waals surface area contributed by atoms with Crippen LogP contribution in [0.2, 0.25) is 0 Å². The topological polar surface area (TPSA) is 29.1 Å². The molecular weight excluding hydrogens is 476 g/mol. The Labute approximate surface area is 240 Å². The summed E-state index contributed by atoms with van der Waals surface area (Å²) >= 11 is 0. The van der Waals surface area contributed by atoms with Gasteiger partial charge in [-0.2, -0.15) is 0 Å². The Bertz CT molecular complexity index is 958. The first kappa shape index (κ1) is 29.2. The SMILES string of the molecule is C[C@H](CCC(=O)NCCC[N+](C)(C)Cc1ccccc1)[C@H]1CCC2C3CCC4CCCC[C@]4(C)C3CC[C@@]21C. The fraction of sp³-hybridized carbons (Fsp3) is 0.806. The summed E-state index contributed by atoms with van der Waals surface area (Å²) in [5.41, 5.74) is 2.53. The summed E-state index contributed by atoms with van der Waals surface area (Å²) in [4.78, 5) is 12.8. The molecule has 0 radical (unpaired) electrons. The molecule has 1 N–H and O–H groups in total. The Hall–Kier alpha value is -1.35. The van der Waals surface area contributed by atoms with Crippen LogP contribution in [0.5, 0.6) is 0 Å². The molecule has 0 aromatic heterocycles. The Kier molecular flexibility index (Phi) is 8.87. The molecule has 0 heterocycles. The standard InChI is InChI=1S/C36H58N2O/c1-27(15-20-34(39)37-24-11-25-38(4,5)26-28-12-7-6-8-13-28)31-18-19-32-30-17-16-29-14-9-10-22-35(29,2)33(30)21-23-36(31,32)3/h6-8,12-13,27,29-33H,9-11,14-26H2,1-5H3/p+1/t27-,29?,30?,31-,32?,33?,35+,36-/m1/s1. The summed E-state index contributed by atoms with van der Waals surface area (Å²) in [5.74, 6) is 5.66. The van der Waals surface area contributed by atoms with E-state index in [1.54, 1.807) is 0 Å². The molecule has 1 aromatic carbocycles. The van der Waals surface area contributed by atoms with Crippen LogP contribution in [0.25, 0.3) is 0 Å². The lowest BCUT2D eigenvalue weighted by Crippen LogP contribution is -2.53. The third-order valence-corrected chi connectivity index (χ3v) is 12.9. The van der Waals surface area contributed by atoms with E-state index in [4.69, 9.17) is 0 Å². The van der Waals surface area contributed by atoms with Gasteiger partial charge in [-0.1, -0.05) is 63.9 Å². The van der Waals surface area contributed by atoms with Gasteiger partial charge < -0.3 is 9.80 Å². The number of hydrogen-bond acceptors (Lipinski definition) is 1. The Balaban J connectivity index is 1.06. The highest BCUT2D eigenvalue weighted by Gasteiger charge is 2.60. The van der Waals surface area contributed by atoms with E-state index in [2.05, 4.69) is 70.5 Å². The zero-order valence-corrected chi connectivity index (χ0v) is 26.0. The highest BCUT2D eigenvalue weighted by atomic mass is 16.1. The van der Waals surface area contributed by atoms with Crippen molar-refractivity contribution in [3.8, 4) is 0 Å². The van der Waals surface area contributed by atoms with Crippen molar-refractivity contribution in [1.82, 2.24) is 5.32 Å². The van der Waals surface area contributed by atoms with E-state index >= 15 is 0 Å². The van der Waals surface area contributed by atoms with E-state index in [0.717, 1.165) is 66.5 Å².